The molecule has 7 heteroatoms. The minimum atomic E-state index is -3.53. The van der Waals surface area contributed by atoms with Gasteiger partial charge in [0.1, 0.15) is 5.75 Å². The predicted octanol–water partition coefficient (Wildman–Crippen LogP) is 3.14. The largest absolute Gasteiger partial charge is 0.383 e. The average Bonchev–Trinajstić information content (AvgIpc) is 2.98. The van der Waals surface area contributed by atoms with Crippen LogP contribution in [0.4, 0.5) is 0 Å². The lowest BCUT2D eigenvalue weighted by atomic mass is 10.1. The molecule has 2 aromatic rings. The molecule has 0 aliphatic rings. The number of carbonyl (C=O) groups excluding carboxylic acids is 1. The zero-order valence-electron chi connectivity index (χ0n) is 13.2. The third-order valence-electron chi connectivity index (χ3n) is 3.14. The Balaban J connectivity index is 2.13. The van der Waals surface area contributed by atoms with Crippen LogP contribution in [0, 0.1) is 0 Å². The Labute approximate surface area is 140 Å². The van der Waals surface area contributed by atoms with E-state index in [1.807, 2.05) is 31.4 Å². The van der Waals surface area contributed by atoms with Gasteiger partial charge < -0.3 is 9.08 Å². The maximum absolute atomic E-state index is 12.5. The van der Waals surface area contributed by atoms with Crippen molar-refractivity contribution < 1.29 is 17.4 Å². The summed E-state index contributed by atoms with van der Waals surface area (Å²) >= 11 is 1.42. The van der Waals surface area contributed by atoms with Gasteiger partial charge in [-0.3, -0.25) is 4.79 Å². The molecular formula is C16H19NO4S2. The molecule has 23 heavy (non-hydrogen) atoms. The van der Waals surface area contributed by atoms with E-state index in [1.54, 1.807) is 29.2 Å². The highest BCUT2D eigenvalue weighted by Crippen LogP contribution is 2.19. The van der Waals surface area contributed by atoms with Crippen LogP contribution in [0.25, 0.3) is 0 Å². The van der Waals surface area contributed by atoms with Gasteiger partial charge in [0.2, 0.25) is 0 Å². The number of nitrogens with zero attached hydrogens (tertiary/aromatic N) is 1. The summed E-state index contributed by atoms with van der Waals surface area (Å²) in [5.74, 6) is 0.253. The number of rotatable bonds is 6. The van der Waals surface area contributed by atoms with Crippen molar-refractivity contribution in [2.45, 2.75) is 26.4 Å². The summed E-state index contributed by atoms with van der Waals surface area (Å²) in [6, 6.07) is 10.4. The van der Waals surface area contributed by atoms with Crippen molar-refractivity contribution in [2.24, 2.45) is 0 Å². The molecule has 0 fully saturated rings. The molecule has 0 N–H and O–H groups in total. The standard InChI is InChI=1S/C16H19NO4S2/c1-12(2)17(16(18)15-5-4-10-22-15)11-13-6-8-14(9-7-13)21-23(3,19)20/h4-10,12H,11H2,1-3H3. The summed E-state index contributed by atoms with van der Waals surface area (Å²) in [7, 11) is -3.53. The highest BCUT2D eigenvalue weighted by molar-refractivity contribution is 7.86. The molecule has 0 bridgehead atoms. The average molecular weight is 353 g/mol. The summed E-state index contributed by atoms with van der Waals surface area (Å²) < 4.78 is 27.0. The Hall–Kier alpha value is -1.86. The van der Waals surface area contributed by atoms with Crippen LogP contribution in [0.15, 0.2) is 41.8 Å². The summed E-state index contributed by atoms with van der Waals surface area (Å²) in [5, 5.41) is 1.88. The maximum atomic E-state index is 12.5. The fourth-order valence-corrected chi connectivity index (χ4v) is 3.19. The van der Waals surface area contributed by atoms with E-state index < -0.39 is 10.1 Å². The first-order valence-electron chi connectivity index (χ1n) is 7.09. The summed E-state index contributed by atoms with van der Waals surface area (Å²) in [6.45, 7) is 4.38. The summed E-state index contributed by atoms with van der Waals surface area (Å²) in [4.78, 5) is 15.0. The topological polar surface area (TPSA) is 63.7 Å². The van der Waals surface area contributed by atoms with E-state index in [0.29, 0.717) is 11.4 Å². The van der Waals surface area contributed by atoms with Crippen LogP contribution < -0.4 is 4.18 Å². The molecule has 0 atom stereocenters. The van der Waals surface area contributed by atoms with E-state index in [0.717, 1.165) is 11.8 Å². The van der Waals surface area contributed by atoms with Gasteiger partial charge in [-0.2, -0.15) is 8.42 Å². The molecule has 124 valence electrons. The summed E-state index contributed by atoms with van der Waals surface area (Å²) in [6.07, 6.45) is 1.00. The number of benzene rings is 1. The van der Waals surface area contributed by atoms with Gasteiger partial charge in [-0.25, -0.2) is 0 Å². The van der Waals surface area contributed by atoms with Crippen molar-refractivity contribution in [1.82, 2.24) is 4.90 Å². The van der Waals surface area contributed by atoms with E-state index in [4.69, 9.17) is 4.18 Å². The number of hydrogen-bond donors (Lipinski definition) is 0. The van der Waals surface area contributed by atoms with Gasteiger partial charge in [0.15, 0.2) is 0 Å². The zero-order valence-corrected chi connectivity index (χ0v) is 14.9. The van der Waals surface area contributed by atoms with Gasteiger partial charge in [-0.1, -0.05) is 18.2 Å². The number of amides is 1. The molecule has 0 saturated carbocycles. The van der Waals surface area contributed by atoms with E-state index in [2.05, 4.69) is 0 Å². The number of hydrogen-bond acceptors (Lipinski definition) is 5. The fourth-order valence-electron chi connectivity index (χ4n) is 2.05. The van der Waals surface area contributed by atoms with Crippen LogP contribution in [0.1, 0.15) is 29.1 Å². The van der Waals surface area contributed by atoms with Crippen molar-refractivity contribution in [2.75, 3.05) is 6.26 Å². The quantitative estimate of drug-likeness (QED) is 0.749. The van der Waals surface area contributed by atoms with Crippen LogP contribution >= 0.6 is 11.3 Å². The van der Waals surface area contributed by atoms with Crippen LogP contribution in [0.5, 0.6) is 5.75 Å². The highest BCUT2D eigenvalue weighted by Gasteiger charge is 2.19. The third-order valence-corrected chi connectivity index (χ3v) is 4.49. The Morgan fingerprint density at radius 3 is 2.35 bits per heavy atom. The van der Waals surface area contributed by atoms with Crippen LogP contribution in [0.2, 0.25) is 0 Å². The van der Waals surface area contributed by atoms with Gasteiger partial charge in [0, 0.05) is 12.6 Å². The normalized spacial score (nSPS) is 11.5. The van der Waals surface area contributed by atoms with Crippen LogP contribution in [-0.2, 0) is 16.7 Å². The van der Waals surface area contributed by atoms with E-state index in [9.17, 15) is 13.2 Å². The Morgan fingerprint density at radius 1 is 1.22 bits per heavy atom. The van der Waals surface area contributed by atoms with Crippen molar-refractivity contribution >= 4 is 27.4 Å². The lowest BCUT2D eigenvalue weighted by molar-refractivity contribution is 0.0695. The van der Waals surface area contributed by atoms with E-state index >= 15 is 0 Å². The second-order valence-corrected chi connectivity index (χ2v) is 7.96. The van der Waals surface area contributed by atoms with E-state index in [1.165, 1.54) is 11.3 Å². The molecular weight excluding hydrogens is 334 g/mol. The Bertz CT molecular complexity index is 750. The molecule has 0 unspecified atom stereocenters. The van der Waals surface area contributed by atoms with Gasteiger partial charge in [-0.05, 0) is 43.0 Å². The molecule has 1 heterocycles. The molecule has 0 aliphatic heterocycles. The lowest BCUT2D eigenvalue weighted by Gasteiger charge is -2.26. The van der Waals surface area contributed by atoms with E-state index in [-0.39, 0.29) is 17.7 Å². The van der Waals surface area contributed by atoms with Gasteiger partial charge >= 0.3 is 10.1 Å². The van der Waals surface area contributed by atoms with Gasteiger partial charge in [0.05, 0.1) is 11.1 Å². The smallest absolute Gasteiger partial charge is 0.306 e. The Kier molecular flexibility index (Phi) is 5.43. The van der Waals surface area contributed by atoms with Crippen molar-refractivity contribution in [3.63, 3.8) is 0 Å². The first kappa shape index (κ1) is 17.5. The third kappa shape index (κ3) is 5.07. The monoisotopic (exact) mass is 353 g/mol. The molecule has 0 spiro atoms. The molecule has 2 rings (SSSR count). The zero-order chi connectivity index (χ0) is 17.0. The van der Waals surface area contributed by atoms with Gasteiger partial charge in [0.25, 0.3) is 5.91 Å². The first-order valence-corrected chi connectivity index (χ1v) is 9.79. The molecule has 0 radical (unpaired) electrons. The molecule has 0 saturated heterocycles. The van der Waals surface area contributed by atoms with Gasteiger partial charge in [-0.15, -0.1) is 11.3 Å². The van der Waals surface area contributed by atoms with Crippen LogP contribution in [-0.4, -0.2) is 31.5 Å². The number of thiophene rings is 1. The molecule has 5 nitrogen and oxygen atoms in total. The lowest BCUT2D eigenvalue weighted by Crippen LogP contribution is -2.35. The SMILES string of the molecule is CC(C)N(Cc1ccc(OS(C)(=O)=O)cc1)C(=O)c1cccs1. The Morgan fingerprint density at radius 2 is 1.87 bits per heavy atom. The van der Waals surface area contributed by atoms with Crippen molar-refractivity contribution in [3.8, 4) is 5.75 Å². The molecule has 1 aromatic heterocycles. The van der Waals surface area contributed by atoms with Crippen LogP contribution in [0.3, 0.4) is 0 Å². The fraction of sp³-hybridized carbons (Fsp3) is 0.312. The molecule has 1 aromatic carbocycles. The highest BCUT2D eigenvalue weighted by atomic mass is 32.2. The minimum Gasteiger partial charge on any atom is -0.383 e. The van der Waals surface area contributed by atoms with Crippen molar-refractivity contribution in [3.05, 3.63) is 52.2 Å². The summed E-state index contributed by atoms with van der Waals surface area (Å²) in [5.41, 5.74) is 0.907. The number of carbonyl (C=O) groups is 1. The molecule has 1 amide bonds. The van der Waals surface area contributed by atoms with Crippen molar-refractivity contribution in [1.29, 1.82) is 0 Å². The second-order valence-electron chi connectivity index (χ2n) is 5.44. The first-order chi connectivity index (χ1) is 10.8. The maximum Gasteiger partial charge on any atom is 0.306 e. The molecule has 0 aliphatic carbocycles. The minimum absolute atomic E-state index is 0.00791. The predicted molar refractivity (Wildman–Crippen MR) is 91.2 cm³/mol. The second kappa shape index (κ2) is 7.14.